The van der Waals surface area contributed by atoms with Gasteiger partial charge in [-0.05, 0) is 19.4 Å². The molecular formula is C11H19NO3. The van der Waals surface area contributed by atoms with Crippen LogP contribution in [-0.4, -0.2) is 36.5 Å². The van der Waals surface area contributed by atoms with Crippen LogP contribution in [0.25, 0.3) is 0 Å². The van der Waals surface area contributed by atoms with Crippen molar-refractivity contribution in [3.63, 3.8) is 0 Å². The van der Waals surface area contributed by atoms with Gasteiger partial charge in [0.05, 0.1) is 6.61 Å². The zero-order valence-corrected chi connectivity index (χ0v) is 9.49. The maximum absolute atomic E-state index is 11.2. The van der Waals surface area contributed by atoms with E-state index in [1.165, 1.54) is 6.08 Å². The summed E-state index contributed by atoms with van der Waals surface area (Å²) in [5.41, 5.74) is 0. The van der Waals surface area contributed by atoms with Gasteiger partial charge in [0, 0.05) is 19.5 Å². The fraction of sp³-hybridized carbons (Fsp3) is 0.636. The lowest BCUT2D eigenvalue weighted by Gasteiger charge is -2.18. The summed E-state index contributed by atoms with van der Waals surface area (Å²) in [6.45, 7) is 8.69. The number of hydrogen-bond acceptors (Lipinski definition) is 3. The molecule has 0 unspecified atom stereocenters. The van der Waals surface area contributed by atoms with E-state index in [0.29, 0.717) is 32.5 Å². The van der Waals surface area contributed by atoms with Crippen molar-refractivity contribution < 1.29 is 14.3 Å². The van der Waals surface area contributed by atoms with Crippen molar-refractivity contribution in [2.45, 2.75) is 26.7 Å². The average Bonchev–Trinajstić information content (AvgIpc) is 2.27. The molecule has 0 spiro atoms. The lowest BCUT2D eigenvalue weighted by Crippen LogP contribution is -2.30. The third kappa shape index (κ3) is 5.88. The van der Waals surface area contributed by atoms with Crippen LogP contribution >= 0.6 is 0 Å². The second-order valence-electron chi connectivity index (χ2n) is 3.05. The molecule has 0 aromatic heterocycles. The van der Waals surface area contributed by atoms with Crippen LogP contribution in [0.5, 0.6) is 0 Å². The van der Waals surface area contributed by atoms with E-state index >= 15 is 0 Å². The van der Waals surface area contributed by atoms with Gasteiger partial charge < -0.3 is 9.64 Å². The molecule has 0 atom stereocenters. The smallest absolute Gasteiger partial charge is 0.305 e. The van der Waals surface area contributed by atoms with E-state index in [9.17, 15) is 9.59 Å². The molecule has 0 fully saturated rings. The normalized spacial score (nSPS) is 9.47. The van der Waals surface area contributed by atoms with Crippen LogP contribution in [0.2, 0.25) is 0 Å². The number of carbonyl (C=O) groups excluding carboxylic acids is 2. The van der Waals surface area contributed by atoms with Gasteiger partial charge in [0.15, 0.2) is 0 Å². The standard InChI is InChI=1S/C11H19NO3/c1-4-10(13)12(6-3)8-7-9-15-11(14)5-2/h4H,1,5-9H2,2-3H3. The number of nitrogens with zero attached hydrogens (tertiary/aromatic N) is 1. The Bertz CT molecular complexity index is 226. The molecule has 0 N–H and O–H groups in total. The number of carbonyl (C=O) groups is 2. The van der Waals surface area contributed by atoms with Crippen LogP contribution < -0.4 is 0 Å². The molecule has 1 amide bonds. The minimum absolute atomic E-state index is 0.0840. The van der Waals surface area contributed by atoms with E-state index in [1.54, 1.807) is 11.8 Å². The minimum atomic E-state index is -0.201. The van der Waals surface area contributed by atoms with E-state index < -0.39 is 0 Å². The number of likely N-dealkylation sites (N-methyl/N-ethyl adjacent to an activating group) is 1. The van der Waals surface area contributed by atoms with Gasteiger partial charge >= 0.3 is 5.97 Å². The molecule has 0 aliphatic carbocycles. The predicted octanol–water partition coefficient (Wildman–Crippen LogP) is 1.36. The Hall–Kier alpha value is -1.32. The molecule has 4 nitrogen and oxygen atoms in total. The molecule has 15 heavy (non-hydrogen) atoms. The van der Waals surface area contributed by atoms with Gasteiger partial charge in [-0.25, -0.2) is 0 Å². The van der Waals surface area contributed by atoms with Crippen LogP contribution in [0.3, 0.4) is 0 Å². The van der Waals surface area contributed by atoms with E-state index in [2.05, 4.69) is 6.58 Å². The van der Waals surface area contributed by atoms with E-state index in [-0.39, 0.29) is 11.9 Å². The summed E-state index contributed by atoms with van der Waals surface area (Å²) >= 11 is 0. The first-order chi connectivity index (χ1) is 7.15. The Balaban J connectivity index is 3.68. The molecule has 0 heterocycles. The van der Waals surface area contributed by atoms with E-state index in [1.807, 2.05) is 6.92 Å². The zero-order valence-electron chi connectivity index (χ0n) is 9.49. The topological polar surface area (TPSA) is 46.6 Å². The average molecular weight is 213 g/mol. The van der Waals surface area contributed by atoms with Crippen molar-refractivity contribution in [3.05, 3.63) is 12.7 Å². The van der Waals surface area contributed by atoms with Crippen LogP contribution in [-0.2, 0) is 14.3 Å². The first kappa shape index (κ1) is 13.7. The van der Waals surface area contributed by atoms with Crippen molar-refractivity contribution >= 4 is 11.9 Å². The highest BCUT2D eigenvalue weighted by Gasteiger charge is 2.07. The van der Waals surface area contributed by atoms with Crippen LogP contribution in [0, 0.1) is 0 Å². The molecule has 0 radical (unpaired) electrons. The minimum Gasteiger partial charge on any atom is -0.466 e. The molecule has 86 valence electrons. The van der Waals surface area contributed by atoms with Gasteiger partial charge in [0.25, 0.3) is 0 Å². The molecule has 0 saturated carbocycles. The van der Waals surface area contributed by atoms with Gasteiger partial charge in [-0.1, -0.05) is 13.5 Å². The highest BCUT2D eigenvalue weighted by molar-refractivity contribution is 5.86. The summed E-state index contributed by atoms with van der Waals surface area (Å²) < 4.78 is 4.90. The van der Waals surface area contributed by atoms with Crippen LogP contribution in [0.15, 0.2) is 12.7 Å². The van der Waals surface area contributed by atoms with Gasteiger partial charge in [0.2, 0.25) is 5.91 Å². The first-order valence-electron chi connectivity index (χ1n) is 5.22. The molecule has 0 saturated heterocycles. The summed E-state index contributed by atoms with van der Waals surface area (Å²) in [7, 11) is 0. The van der Waals surface area contributed by atoms with Gasteiger partial charge in [0.1, 0.15) is 0 Å². The Labute approximate surface area is 90.9 Å². The predicted molar refractivity (Wildman–Crippen MR) is 58.3 cm³/mol. The third-order valence-electron chi connectivity index (χ3n) is 1.99. The Kier molecular flexibility index (Phi) is 7.32. The molecule has 4 heteroatoms. The lowest BCUT2D eigenvalue weighted by molar-refractivity contribution is -0.143. The maximum Gasteiger partial charge on any atom is 0.305 e. The molecular weight excluding hydrogens is 194 g/mol. The quantitative estimate of drug-likeness (QED) is 0.364. The summed E-state index contributed by atoms with van der Waals surface area (Å²) in [4.78, 5) is 23.7. The summed E-state index contributed by atoms with van der Waals surface area (Å²) in [6, 6.07) is 0. The third-order valence-corrected chi connectivity index (χ3v) is 1.99. The van der Waals surface area contributed by atoms with Crippen molar-refractivity contribution in [2.75, 3.05) is 19.7 Å². The number of hydrogen-bond donors (Lipinski definition) is 0. The van der Waals surface area contributed by atoms with Crippen molar-refractivity contribution in [3.8, 4) is 0 Å². The van der Waals surface area contributed by atoms with Crippen LogP contribution in [0.1, 0.15) is 26.7 Å². The van der Waals surface area contributed by atoms with Gasteiger partial charge in [-0.2, -0.15) is 0 Å². The van der Waals surface area contributed by atoms with Gasteiger partial charge in [-0.15, -0.1) is 0 Å². The molecule has 0 aromatic carbocycles. The summed E-state index contributed by atoms with van der Waals surface area (Å²) in [5.74, 6) is -0.285. The Morgan fingerprint density at radius 2 is 2.07 bits per heavy atom. The summed E-state index contributed by atoms with van der Waals surface area (Å²) in [6.07, 6.45) is 2.35. The Morgan fingerprint density at radius 1 is 1.40 bits per heavy atom. The highest BCUT2D eigenvalue weighted by Crippen LogP contribution is 1.95. The zero-order chi connectivity index (χ0) is 11.7. The molecule has 0 aliphatic heterocycles. The second kappa shape index (κ2) is 8.03. The summed E-state index contributed by atoms with van der Waals surface area (Å²) in [5, 5.41) is 0. The maximum atomic E-state index is 11.2. The van der Waals surface area contributed by atoms with Crippen molar-refractivity contribution in [1.82, 2.24) is 4.90 Å². The van der Waals surface area contributed by atoms with E-state index in [0.717, 1.165) is 0 Å². The molecule has 0 rings (SSSR count). The Morgan fingerprint density at radius 3 is 2.53 bits per heavy atom. The van der Waals surface area contributed by atoms with Gasteiger partial charge in [-0.3, -0.25) is 9.59 Å². The number of amides is 1. The number of ether oxygens (including phenoxy) is 1. The van der Waals surface area contributed by atoms with E-state index in [4.69, 9.17) is 4.74 Å². The fourth-order valence-electron chi connectivity index (χ4n) is 1.10. The number of esters is 1. The largest absolute Gasteiger partial charge is 0.466 e. The van der Waals surface area contributed by atoms with Crippen molar-refractivity contribution in [1.29, 1.82) is 0 Å². The first-order valence-corrected chi connectivity index (χ1v) is 5.22. The number of rotatable bonds is 7. The second-order valence-corrected chi connectivity index (χ2v) is 3.05. The molecule has 0 aliphatic rings. The molecule has 0 bridgehead atoms. The monoisotopic (exact) mass is 213 g/mol. The SMILES string of the molecule is C=CC(=O)N(CC)CCCOC(=O)CC. The lowest BCUT2D eigenvalue weighted by atomic mass is 10.3. The van der Waals surface area contributed by atoms with Crippen LogP contribution in [0.4, 0.5) is 0 Å². The molecule has 0 aromatic rings. The fourth-order valence-corrected chi connectivity index (χ4v) is 1.10. The van der Waals surface area contributed by atoms with Crippen molar-refractivity contribution in [2.24, 2.45) is 0 Å². The highest BCUT2D eigenvalue weighted by atomic mass is 16.5.